The van der Waals surface area contributed by atoms with Crippen LogP contribution >= 0.6 is 0 Å². The van der Waals surface area contributed by atoms with E-state index >= 15 is 0 Å². The van der Waals surface area contributed by atoms with Gasteiger partial charge in [-0.2, -0.15) is 0 Å². The SMILES string of the molecule is CC(CCCN)C(=O)N(CC(=O)O)C(C)C. The zero-order valence-corrected chi connectivity index (χ0v) is 10.3. The quantitative estimate of drug-likeness (QED) is 0.673. The zero-order chi connectivity index (χ0) is 12.7. The average molecular weight is 230 g/mol. The monoisotopic (exact) mass is 230 g/mol. The molecule has 0 aliphatic rings. The number of nitrogens with zero attached hydrogens (tertiary/aromatic N) is 1. The van der Waals surface area contributed by atoms with Crippen LogP contribution in [0.25, 0.3) is 0 Å². The van der Waals surface area contributed by atoms with Crippen LogP contribution in [0.1, 0.15) is 33.6 Å². The van der Waals surface area contributed by atoms with Crippen LogP contribution in [-0.2, 0) is 9.59 Å². The molecule has 0 aromatic carbocycles. The first kappa shape index (κ1) is 14.9. The van der Waals surface area contributed by atoms with E-state index in [1.165, 1.54) is 4.90 Å². The standard InChI is InChI=1S/C11H22N2O3/c1-8(2)13(7-10(14)15)11(16)9(3)5-4-6-12/h8-9H,4-7,12H2,1-3H3,(H,14,15). The second-order valence-electron chi connectivity index (χ2n) is 4.29. The Bertz CT molecular complexity index is 241. The van der Waals surface area contributed by atoms with E-state index in [9.17, 15) is 9.59 Å². The van der Waals surface area contributed by atoms with Gasteiger partial charge in [0.25, 0.3) is 0 Å². The predicted molar refractivity (Wildman–Crippen MR) is 61.9 cm³/mol. The lowest BCUT2D eigenvalue weighted by atomic mass is 10.0. The molecule has 1 atom stereocenters. The van der Waals surface area contributed by atoms with E-state index in [0.29, 0.717) is 13.0 Å². The highest BCUT2D eigenvalue weighted by Crippen LogP contribution is 2.11. The fraction of sp³-hybridized carbons (Fsp3) is 0.818. The smallest absolute Gasteiger partial charge is 0.323 e. The third-order valence-corrected chi connectivity index (χ3v) is 2.47. The summed E-state index contributed by atoms with van der Waals surface area (Å²) in [5.74, 6) is -1.25. The van der Waals surface area contributed by atoms with E-state index in [1.807, 2.05) is 20.8 Å². The van der Waals surface area contributed by atoms with Crippen molar-refractivity contribution in [2.24, 2.45) is 11.7 Å². The summed E-state index contributed by atoms with van der Waals surface area (Å²) in [6.07, 6.45) is 1.49. The molecular weight excluding hydrogens is 208 g/mol. The molecule has 0 heterocycles. The van der Waals surface area contributed by atoms with Crippen molar-refractivity contribution in [3.8, 4) is 0 Å². The van der Waals surface area contributed by atoms with Crippen LogP contribution in [0.3, 0.4) is 0 Å². The molecule has 0 aromatic heterocycles. The molecule has 94 valence electrons. The number of rotatable bonds is 7. The zero-order valence-electron chi connectivity index (χ0n) is 10.3. The summed E-state index contributed by atoms with van der Waals surface area (Å²) in [7, 11) is 0. The van der Waals surface area contributed by atoms with Crippen LogP contribution in [0.4, 0.5) is 0 Å². The molecule has 3 N–H and O–H groups in total. The number of carbonyl (C=O) groups excluding carboxylic acids is 1. The maximum absolute atomic E-state index is 11.9. The first-order valence-electron chi connectivity index (χ1n) is 5.62. The van der Waals surface area contributed by atoms with E-state index in [1.54, 1.807) is 0 Å². The molecule has 5 heteroatoms. The first-order chi connectivity index (χ1) is 7.40. The van der Waals surface area contributed by atoms with Crippen molar-refractivity contribution in [3.63, 3.8) is 0 Å². The van der Waals surface area contributed by atoms with Crippen molar-refractivity contribution in [3.05, 3.63) is 0 Å². The van der Waals surface area contributed by atoms with Crippen LogP contribution in [-0.4, -0.2) is 41.0 Å². The van der Waals surface area contributed by atoms with Crippen LogP contribution < -0.4 is 5.73 Å². The molecule has 16 heavy (non-hydrogen) atoms. The Balaban J connectivity index is 4.42. The van der Waals surface area contributed by atoms with Gasteiger partial charge in [0.05, 0.1) is 0 Å². The maximum Gasteiger partial charge on any atom is 0.323 e. The van der Waals surface area contributed by atoms with Crippen molar-refractivity contribution >= 4 is 11.9 Å². The topological polar surface area (TPSA) is 83.6 Å². The third-order valence-electron chi connectivity index (χ3n) is 2.47. The molecule has 0 saturated heterocycles. The summed E-state index contributed by atoms with van der Waals surface area (Å²) in [4.78, 5) is 24.0. The highest BCUT2D eigenvalue weighted by atomic mass is 16.4. The van der Waals surface area contributed by atoms with Gasteiger partial charge in [0.1, 0.15) is 6.54 Å². The van der Waals surface area contributed by atoms with Gasteiger partial charge in [-0.3, -0.25) is 9.59 Å². The number of nitrogens with two attached hydrogens (primary N) is 1. The first-order valence-corrected chi connectivity index (χ1v) is 5.62. The summed E-state index contributed by atoms with van der Waals surface area (Å²) in [5.41, 5.74) is 5.37. The average Bonchev–Trinajstić information content (AvgIpc) is 2.20. The molecular formula is C11H22N2O3. The van der Waals surface area contributed by atoms with E-state index in [2.05, 4.69) is 0 Å². The van der Waals surface area contributed by atoms with Gasteiger partial charge in [-0.05, 0) is 33.2 Å². The van der Waals surface area contributed by atoms with Crippen LogP contribution in [0.5, 0.6) is 0 Å². The number of aliphatic carboxylic acids is 1. The van der Waals surface area contributed by atoms with Crippen LogP contribution in [0.2, 0.25) is 0 Å². The number of hydrogen-bond acceptors (Lipinski definition) is 3. The van der Waals surface area contributed by atoms with Gasteiger partial charge in [0.15, 0.2) is 0 Å². The van der Waals surface area contributed by atoms with Crippen molar-refractivity contribution in [1.82, 2.24) is 4.90 Å². The number of carbonyl (C=O) groups is 2. The van der Waals surface area contributed by atoms with Gasteiger partial charge in [-0.25, -0.2) is 0 Å². The van der Waals surface area contributed by atoms with Crippen molar-refractivity contribution in [2.75, 3.05) is 13.1 Å². The summed E-state index contributed by atoms with van der Waals surface area (Å²) in [6, 6.07) is -0.0936. The summed E-state index contributed by atoms with van der Waals surface area (Å²) in [6.45, 7) is 5.77. The Morgan fingerprint density at radius 1 is 1.31 bits per heavy atom. The van der Waals surface area contributed by atoms with E-state index in [-0.39, 0.29) is 24.4 Å². The number of amides is 1. The molecule has 0 spiro atoms. The Hall–Kier alpha value is -1.10. The molecule has 0 bridgehead atoms. The van der Waals surface area contributed by atoms with Gasteiger partial charge in [0, 0.05) is 12.0 Å². The molecule has 0 radical (unpaired) electrons. The van der Waals surface area contributed by atoms with Gasteiger partial charge >= 0.3 is 5.97 Å². The molecule has 0 aromatic rings. The number of carboxylic acid groups (broad SMARTS) is 1. The molecule has 0 aliphatic heterocycles. The lowest BCUT2D eigenvalue weighted by Crippen LogP contribution is -2.43. The minimum atomic E-state index is -0.979. The van der Waals surface area contributed by atoms with E-state index < -0.39 is 5.97 Å². The molecule has 1 unspecified atom stereocenters. The lowest BCUT2D eigenvalue weighted by Gasteiger charge is -2.27. The molecule has 0 saturated carbocycles. The molecule has 0 fully saturated rings. The van der Waals surface area contributed by atoms with Gasteiger partial charge < -0.3 is 15.7 Å². The second kappa shape index (κ2) is 7.22. The minimum Gasteiger partial charge on any atom is -0.480 e. The fourth-order valence-electron chi connectivity index (χ4n) is 1.49. The van der Waals surface area contributed by atoms with Crippen LogP contribution in [0.15, 0.2) is 0 Å². The normalized spacial score (nSPS) is 12.6. The minimum absolute atomic E-state index is 0.0936. The maximum atomic E-state index is 11.9. The highest BCUT2D eigenvalue weighted by molar-refractivity contribution is 5.83. The predicted octanol–water partition coefficient (Wildman–Crippen LogP) is 0.683. The number of hydrogen-bond donors (Lipinski definition) is 2. The summed E-state index contributed by atoms with van der Waals surface area (Å²) in [5, 5.41) is 8.73. The van der Waals surface area contributed by atoms with Crippen molar-refractivity contribution in [2.45, 2.75) is 39.7 Å². The highest BCUT2D eigenvalue weighted by Gasteiger charge is 2.24. The molecule has 0 aliphatic carbocycles. The summed E-state index contributed by atoms with van der Waals surface area (Å²) < 4.78 is 0. The van der Waals surface area contributed by atoms with Crippen molar-refractivity contribution in [1.29, 1.82) is 0 Å². The Labute approximate surface area is 96.6 Å². The third kappa shape index (κ3) is 5.11. The lowest BCUT2D eigenvalue weighted by molar-refractivity contribution is -0.147. The van der Waals surface area contributed by atoms with Gasteiger partial charge in [0.2, 0.25) is 5.91 Å². The number of carboxylic acids is 1. The molecule has 1 amide bonds. The van der Waals surface area contributed by atoms with Crippen molar-refractivity contribution < 1.29 is 14.7 Å². The molecule has 5 nitrogen and oxygen atoms in total. The van der Waals surface area contributed by atoms with Crippen LogP contribution in [0, 0.1) is 5.92 Å². The molecule has 0 rings (SSSR count). The fourth-order valence-corrected chi connectivity index (χ4v) is 1.49. The van der Waals surface area contributed by atoms with Gasteiger partial charge in [-0.15, -0.1) is 0 Å². The summed E-state index contributed by atoms with van der Waals surface area (Å²) >= 11 is 0. The second-order valence-corrected chi connectivity index (χ2v) is 4.29. The largest absolute Gasteiger partial charge is 0.480 e. The Morgan fingerprint density at radius 3 is 2.25 bits per heavy atom. The van der Waals surface area contributed by atoms with E-state index in [0.717, 1.165) is 6.42 Å². The Kier molecular flexibility index (Phi) is 6.72. The van der Waals surface area contributed by atoms with E-state index in [4.69, 9.17) is 10.8 Å². The van der Waals surface area contributed by atoms with Gasteiger partial charge in [-0.1, -0.05) is 6.92 Å². The Morgan fingerprint density at radius 2 is 1.88 bits per heavy atom.